The Morgan fingerprint density at radius 1 is 1.39 bits per heavy atom. The Morgan fingerprint density at radius 2 is 2.06 bits per heavy atom. The topological polar surface area (TPSA) is 66.4 Å². The lowest BCUT2D eigenvalue weighted by atomic mass is 10.1. The van der Waals surface area contributed by atoms with Gasteiger partial charge in [0.1, 0.15) is 6.04 Å². The van der Waals surface area contributed by atoms with E-state index in [4.69, 9.17) is 5.11 Å². The van der Waals surface area contributed by atoms with Gasteiger partial charge in [-0.15, -0.1) is 0 Å². The summed E-state index contributed by atoms with van der Waals surface area (Å²) in [7, 11) is 0. The van der Waals surface area contributed by atoms with Crippen LogP contribution in [0, 0.1) is 0 Å². The number of carboxylic acid groups (broad SMARTS) is 1. The first-order valence-electron chi connectivity index (χ1n) is 5.84. The number of amides is 1. The number of carbonyl (C=O) groups is 2. The number of carboxylic acids is 1. The van der Waals surface area contributed by atoms with Gasteiger partial charge in [-0.1, -0.05) is 31.9 Å². The minimum Gasteiger partial charge on any atom is -0.480 e. The van der Waals surface area contributed by atoms with Gasteiger partial charge in [0.15, 0.2) is 0 Å². The predicted molar refractivity (Wildman–Crippen MR) is 72.6 cm³/mol. The second-order valence-corrected chi connectivity index (χ2v) is 4.84. The van der Waals surface area contributed by atoms with Crippen LogP contribution in [-0.4, -0.2) is 23.0 Å². The standard InChI is InChI=1S/C13H16BrNO3/c1-2-3-8-11(13(17)18)15-12(16)9-6-4-5-7-10(9)14/h4-7,11H,2-3,8H2,1H3,(H,15,16)(H,17,18). The van der Waals surface area contributed by atoms with Gasteiger partial charge in [-0.2, -0.15) is 0 Å². The minimum atomic E-state index is -0.996. The molecule has 0 saturated carbocycles. The van der Waals surface area contributed by atoms with E-state index >= 15 is 0 Å². The Bertz CT molecular complexity index is 434. The van der Waals surface area contributed by atoms with Crippen LogP contribution in [0.5, 0.6) is 0 Å². The third kappa shape index (κ3) is 4.14. The van der Waals surface area contributed by atoms with Crippen molar-refractivity contribution < 1.29 is 14.7 Å². The number of aliphatic carboxylic acids is 1. The molecule has 18 heavy (non-hydrogen) atoms. The lowest BCUT2D eigenvalue weighted by Gasteiger charge is -2.14. The number of hydrogen-bond acceptors (Lipinski definition) is 2. The summed E-state index contributed by atoms with van der Waals surface area (Å²) in [6.07, 6.45) is 2.11. The van der Waals surface area contributed by atoms with Crippen molar-refractivity contribution in [1.82, 2.24) is 5.32 Å². The molecule has 98 valence electrons. The number of carbonyl (C=O) groups excluding carboxylic acids is 1. The van der Waals surface area contributed by atoms with E-state index in [1.165, 1.54) is 0 Å². The summed E-state index contributed by atoms with van der Waals surface area (Å²) >= 11 is 3.27. The molecule has 0 saturated heterocycles. The Morgan fingerprint density at radius 3 is 2.61 bits per heavy atom. The molecular formula is C13H16BrNO3. The molecule has 0 bridgehead atoms. The highest BCUT2D eigenvalue weighted by Gasteiger charge is 2.20. The fourth-order valence-corrected chi connectivity index (χ4v) is 2.01. The molecule has 0 aliphatic rings. The molecule has 0 spiro atoms. The maximum absolute atomic E-state index is 11.9. The molecule has 0 aliphatic carbocycles. The van der Waals surface area contributed by atoms with Gasteiger partial charge in [0.2, 0.25) is 0 Å². The Kier molecular flexibility index (Phi) is 5.85. The molecule has 2 N–H and O–H groups in total. The van der Waals surface area contributed by atoms with E-state index in [1.807, 2.05) is 6.92 Å². The highest BCUT2D eigenvalue weighted by atomic mass is 79.9. The minimum absolute atomic E-state index is 0.369. The van der Waals surface area contributed by atoms with Crippen molar-refractivity contribution >= 4 is 27.8 Å². The predicted octanol–water partition coefficient (Wildman–Crippen LogP) is 2.82. The Hall–Kier alpha value is -1.36. The Labute approximate surface area is 115 Å². The van der Waals surface area contributed by atoms with Crippen LogP contribution in [0.25, 0.3) is 0 Å². The van der Waals surface area contributed by atoms with Crippen LogP contribution in [0.15, 0.2) is 28.7 Å². The Balaban J connectivity index is 2.72. The molecule has 1 unspecified atom stereocenters. The summed E-state index contributed by atoms with van der Waals surface area (Å²) in [4.78, 5) is 23.0. The van der Waals surface area contributed by atoms with Gasteiger partial charge in [-0.3, -0.25) is 4.79 Å². The van der Waals surface area contributed by atoms with Crippen LogP contribution in [0.4, 0.5) is 0 Å². The molecule has 0 aliphatic heterocycles. The van der Waals surface area contributed by atoms with E-state index in [2.05, 4.69) is 21.2 Å². The quantitative estimate of drug-likeness (QED) is 0.848. The van der Waals surface area contributed by atoms with E-state index in [0.29, 0.717) is 16.5 Å². The van der Waals surface area contributed by atoms with Crippen LogP contribution in [0.1, 0.15) is 36.5 Å². The average molecular weight is 314 g/mol. The van der Waals surface area contributed by atoms with E-state index in [0.717, 1.165) is 12.8 Å². The monoisotopic (exact) mass is 313 g/mol. The van der Waals surface area contributed by atoms with Gasteiger partial charge in [-0.25, -0.2) is 4.79 Å². The van der Waals surface area contributed by atoms with E-state index in [-0.39, 0.29) is 5.91 Å². The number of hydrogen-bond donors (Lipinski definition) is 2. The van der Waals surface area contributed by atoms with E-state index in [1.54, 1.807) is 24.3 Å². The van der Waals surface area contributed by atoms with Crippen LogP contribution >= 0.6 is 15.9 Å². The van der Waals surface area contributed by atoms with Crippen molar-refractivity contribution in [2.45, 2.75) is 32.2 Å². The molecule has 1 rings (SSSR count). The highest BCUT2D eigenvalue weighted by molar-refractivity contribution is 9.10. The number of nitrogens with one attached hydrogen (secondary N) is 1. The maximum Gasteiger partial charge on any atom is 0.326 e. The first kappa shape index (κ1) is 14.7. The summed E-state index contributed by atoms with van der Waals surface area (Å²) < 4.78 is 0.655. The zero-order valence-electron chi connectivity index (χ0n) is 10.1. The number of rotatable bonds is 6. The first-order chi connectivity index (χ1) is 8.56. The molecule has 1 atom stereocenters. The third-order valence-electron chi connectivity index (χ3n) is 2.57. The largest absolute Gasteiger partial charge is 0.480 e. The summed E-state index contributed by atoms with van der Waals surface area (Å²) in [5, 5.41) is 11.6. The summed E-state index contributed by atoms with van der Waals surface area (Å²) in [5.74, 6) is -1.37. The molecule has 0 heterocycles. The summed E-state index contributed by atoms with van der Waals surface area (Å²) in [5.41, 5.74) is 0.445. The van der Waals surface area contributed by atoms with Gasteiger partial charge in [0.05, 0.1) is 5.56 Å². The van der Waals surface area contributed by atoms with Crippen LogP contribution < -0.4 is 5.32 Å². The first-order valence-corrected chi connectivity index (χ1v) is 6.63. The van der Waals surface area contributed by atoms with Gasteiger partial charge in [0.25, 0.3) is 5.91 Å². The summed E-state index contributed by atoms with van der Waals surface area (Å²) in [6.45, 7) is 1.98. The molecule has 0 aromatic heterocycles. The maximum atomic E-state index is 11.9. The van der Waals surface area contributed by atoms with Crippen molar-refractivity contribution in [3.05, 3.63) is 34.3 Å². The smallest absolute Gasteiger partial charge is 0.326 e. The molecule has 0 fully saturated rings. The van der Waals surface area contributed by atoms with Gasteiger partial charge in [-0.05, 0) is 34.5 Å². The molecule has 1 aromatic carbocycles. The van der Waals surface area contributed by atoms with Gasteiger partial charge >= 0.3 is 5.97 Å². The van der Waals surface area contributed by atoms with Crippen molar-refractivity contribution in [2.24, 2.45) is 0 Å². The van der Waals surface area contributed by atoms with Crippen LogP contribution in [0.2, 0.25) is 0 Å². The lowest BCUT2D eigenvalue weighted by molar-refractivity contribution is -0.139. The highest BCUT2D eigenvalue weighted by Crippen LogP contribution is 2.16. The van der Waals surface area contributed by atoms with Gasteiger partial charge < -0.3 is 10.4 Å². The lowest BCUT2D eigenvalue weighted by Crippen LogP contribution is -2.40. The van der Waals surface area contributed by atoms with Crippen molar-refractivity contribution in [1.29, 1.82) is 0 Å². The normalized spacial score (nSPS) is 11.9. The second-order valence-electron chi connectivity index (χ2n) is 3.99. The number of benzene rings is 1. The zero-order valence-corrected chi connectivity index (χ0v) is 11.7. The van der Waals surface area contributed by atoms with Gasteiger partial charge in [0, 0.05) is 4.47 Å². The van der Waals surface area contributed by atoms with Crippen molar-refractivity contribution in [3.8, 4) is 0 Å². The number of unbranched alkanes of at least 4 members (excludes halogenated alkanes) is 1. The second kappa shape index (κ2) is 7.16. The van der Waals surface area contributed by atoms with E-state index in [9.17, 15) is 9.59 Å². The fraction of sp³-hybridized carbons (Fsp3) is 0.385. The molecule has 1 amide bonds. The van der Waals surface area contributed by atoms with E-state index < -0.39 is 12.0 Å². The zero-order chi connectivity index (χ0) is 13.5. The third-order valence-corrected chi connectivity index (χ3v) is 3.26. The molecule has 1 aromatic rings. The van der Waals surface area contributed by atoms with Crippen LogP contribution in [0.3, 0.4) is 0 Å². The summed E-state index contributed by atoms with van der Waals surface area (Å²) in [6, 6.07) is 6.10. The molecule has 0 radical (unpaired) electrons. The molecular weight excluding hydrogens is 298 g/mol. The SMILES string of the molecule is CCCCC(NC(=O)c1ccccc1Br)C(=O)O. The van der Waals surface area contributed by atoms with Crippen LogP contribution in [-0.2, 0) is 4.79 Å². The number of halogens is 1. The van der Waals surface area contributed by atoms with Crippen molar-refractivity contribution in [2.75, 3.05) is 0 Å². The average Bonchev–Trinajstić information content (AvgIpc) is 2.34. The van der Waals surface area contributed by atoms with Crippen molar-refractivity contribution in [3.63, 3.8) is 0 Å². The fourth-order valence-electron chi connectivity index (χ4n) is 1.55. The molecule has 5 heteroatoms. The molecule has 4 nitrogen and oxygen atoms in total.